The molecule has 2 N–H and O–H groups in total. The first-order chi connectivity index (χ1) is 8.24. The third-order valence-electron chi connectivity index (χ3n) is 2.27. The van der Waals surface area contributed by atoms with E-state index in [4.69, 9.17) is 5.11 Å². The van der Waals surface area contributed by atoms with Gasteiger partial charge in [0.05, 0.1) is 0 Å². The van der Waals surface area contributed by atoms with Crippen LogP contribution in [0.1, 0.15) is 18.9 Å². The van der Waals surface area contributed by atoms with Gasteiger partial charge in [-0.15, -0.1) is 0 Å². The highest BCUT2D eigenvalue weighted by atomic mass is 16.3. The SMILES string of the molecule is CCCc1ccccc1O.Oc1ccccc1. The summed E-state index contributed by atoms with van der Waals surface area (Å²) in [7, 11) is 0. The Bertz CT molecular complexity index is 424. The van der Waals surface area contributed by atoms with E-state index in [1.165, 1.54) is 0 Å². The van der Waals surface area contributed by atoms with Gasteiger partial charge >= 0.3 is 0 Å². The molecule has 0 heterocycles. The monoisotopic (exact) mass is 230 g/mol. The number of benzene rings is 2. The van der Waals surface area contributed by atoms with Gasteiger partial charge in [-0.2, -0.15) is 0 Å². The van der Waals surface area contributed by atoms with Crippen LogP contribution in [0.5, 0.6) is 11.5 Å². The molecule has 0 aromatic heterocycles. The van der Waals surface area contributed by atoms with Gasteiger partial charge in [0, 0.05) is 0 Å². The Morgan fingerprint density at radius 3 is 1.88 bits per heavy atom. The Morgan fingerprint density at radius 2 is 1.41 bits per heavy atom. The van der Waals surface area contributed by atoms with Crippen molar-refractivity contribution in [3.8, 4) is 11.5 Å². The molecule has 0 aliphatic heterocycles. The van der Waals surface area contributed by atoms with Crippen molar-refractivity contribution in [1.29, 1.82) is 0 Å². The number of aryl methyl sites for hydroxylation is 1. The molecule has 0 aliphatic carbocycles. The smallest absolute Gasteiger partial charge is 0.118 e. The normalized spacial score (nSPS) is 9.24. The van der Waals surface area contributed by atoms with Crippen LogP contribution in [0.3, 0.4) is 0 Å². The quantitative estimate of drug-likeness (QED) is 0.825. The van der Waals surface area contributed by atoms with Gasteiger partial charge in [-0.05, 0) is 30.2 Å². The van der Waals surface area contributed by atoms with Crippen LogP contribution in [0.25, 0.3) is 0 Å². The van der Waals surface area contributed by atoms with E-state index < -0.39 is 0 Å². The second-order valence-corrected chi connectivity index (χ2v) is 3.71. The summed E-state index contributed by atoms with van der Waals surface area (Å²) in [6, 6.07) is 16.2. The third kappa shape index (κ3) is 5.07. The molecule has 0 unspecified atom stereocenters. The van der Waals surface area contributed by atoms with Crippen molar-refractivity contribution in [2.24, 2.45) is 0 Å². The summed E-state index contributed by atoms with van der Waals surface area (Å²) < 4.78 is 0. The van der Waals surface area contributed by atoms with Crippen LogP contribution in [-0.4, -0.2) is 10.2 Å². The van der Waals surface area contributed by atoms with E-state index >= 15 is 0 Å². The number of rotatable bonds is 2. The lowest BCUT2D eigenvalue weighted by molar-refractivity contribution is 0.467. The molecular formula is C15H18O2. The van der Waals surface area contributed by atoms with Crippen molar-refractivity contribution in [2.75, 3.05) is 0 Å². The van der Waals surface area contributed by atoms with Crippen molar-refractivity contribution < 1.29 is 10.2 Å². The molecule has 0 bridgehead atoms. The summed E-state index contributed by atoms with van der Waals surface area (Å²) in [6.07, 6.45) is 2.05. The molecule has 2 aromatic carbocycles. The number of phenols is 2. The van der Waals surface area contributed by atoms with Crippen LogP contribution in [0.4, 0.5) is 0 Å². The highest BCUT2D eigenvalue weighted by Crippen LogP contribution is 2.16. The second-order valence-electron chi connectivity index (χ2n) is 3.71. The first-order valence-corrected chi connectivity index (χ1v) is 5.75. The summed E-state index contributed by atoms with van der Waals surface area (Å²) in [5.41, 5.74) is 1.05. The molecule has 2 nitrogen and oxygen atoms in total. The van der Waals surface area contributed by atoms with Gasteiger partial charge < -0.3 is 10.2 Å². The maximum absolute atomic E-state index is 9.24. The topological polar surface area (TPSA) is 40.5 Å². The molecule has 0 aliphatic rings. The minimum atomic E-state index is 0.322. The Balaban J connectivity index is 0.000000181. The minimum absolute atomic E-state index is 0.322. The zero-order valence-electron chi connectivity index (χ0n) is 10.0. The van der Waals surface area contributed by atoms with Crippen LogP contribution in [-0.2, 0) is 6.42 Å². The van der Waals surface area contributed by atoms with E-state index in [0.717, 1.165) is 18.4 Å². The van der Waals surface area contributed by atoms with Crippen molar-refractivity contribution in [3.05, 3.63) is 60.2 Å². The van der Waals surface area contributed by atoms with E-state index in [0.29, 0.717) is 11.5 Å². The van der Waals surface area contributed by atoms with Crippen molar-refractivity contribution in [1.82, 2.24) is 0 Å². The highest BCUT2D eigenvalue weighted by Gasteiger charge is 1.95. The molecule has 90 valence electrons. The predicted molar refractivity (Wildman–Crippen MR) is 70.2 cm³/mol. The Labute approximate surface area is 102 Å². The third-order valence-corrected chi connectivity index (χ3v) is 2.27. The largest absolute Gasteiger partial charge is 0.508 e. The molecule has 17 heavy (non-hydrogen) atoms. The molecule has 0 atom stereocenters. The van der Waals surface area contributed by atoms with E-state index in [1.54, 1.807) is 30.3 Å². The lowest BCUT2D eigenvalue weighted by Crippen LogP contribution is -1.81. The van der Waals surface area contributed by atoms with Gasteiger partial charge in [-0.25, -0.2) is 0 Å². The Kier molecular flexibility index (Phi) is 5.66. The van der Waals surface area contributed by atoms with Crippen LogP contribution >= 0.6 is 0 Å². The summed E-state index contributed by atoms with van der Waals surface area (Å²) in [4.78, 5) is 0. The van der Waals surface area contributed by atoms with Crippen LogP contribution in [0.15, 0.2) is 54.6 Å². The molecule has 0 spiro atoms. The zero-order chi connectivity index (χ0) is 12.5. The van der Waals surface area contributed by atoms with Crippen LogP contribution in [0, 0.1) is 0 Å². The fourth-order valence-electron chi connectivity index (χ4n) is 1.42. The molecule has 0 amide bonds. The van der Waals surface area contributed by atoms with Crippen molar-refractivity contribution in [3.63, 3.8) is 0 Å². The van der Waals surface area contributed by atoms with E-state index in [1.807, 2.05) is 24.3 Å². The zero-order valence-corrected chi connectivity index (χ0v) is 10.0. The average molecular weight is 230 g/mol. The average Bonchev–Trinajstić information content (AvgIpc) is 2.34. The number of hydrogen-bond donors (Lipinski definition) is 2. The fourth-order valence-corrected chi connectivity index (χ4v) is 1.42. The van der Waals surface area contributed by atoms with Gasteiger partial charge in [0.1, 0.15) is 11.5 Å². The molecule has 0 saturated carbocycles. The van der Waals surface area contributed by atoms with Gasteiger partial charge in [0.15, 0.2) is 0 Å². The first kappa shape index (κ1) is 13.1. The standard InChI is InChI=1S/C9H12O.C6H6O/c1-2-5-8-6-3-4-7-9(8)10;7-6-4-2-1-3-5-6/h3-4,6-7,10H,2,5H2,1H3;1-5,7H. The molecule has 0 fully saturated rings. The van der Waals surface area contributed by atoms with E-state index in [9.17, 15) is 5.11 Å². The highest BCUT2D eigenvalue weighted by molar-refractivity contribution is 5.31. The Morgan fingerprint density at radius 1 is 0.824 bits per heavy atom. The summed E-state index contributed by atoms with van der Waals surface area (Å²) in [5.74, 6) is 0.742. The summed E-state index contributed by atoms with van der Waals surface area (Å²) in [6.45, 7) is 2.10. The summed E-state index contributed by atoms with van der Waals surface area (Å²) in [5, 5.41) is 17.9. The predicted octanol–water partition coefficient (Wildman–Crippen LogP) is 3.74. The number of para-hydroxylation sites is 2. The number of hydrogen-bond acceptors (Lipinski definition) is 2. The van der Waals surface area contributed by atoms with Crippen LogP contribution < -0.4 is 0 Å². The maximum atomic E-state index is 9.24. The molecular weight excluding hydrogens is 212 g/mol. The number of phenolic OH excluding ortho intramolecular Hbond substituents is 2. The maximum Gasteiger partial charge on any atom is 0.118 e. The summed E-state index contributed by atoms with van der Waals surface area (Å²) >= 11 is 0. The van der Waals surface area contributed by atoms with Gasteiger partial charge in [0.25, 0.3) is 0 Å². The molecule has 0 saturated heterocycles. The number of aromatic hydroxyl groups is 2. The molecule has 2 rings (SSSR count). The molecule has 2 heteroatoms. The van der Waals surface area contributed by atoms with Crippen molar-refractivity contribution >= 4 is 0 Å². The minimum Gasteiger partial charge on any atom is -0.508 e. The lowest BCUT2D eigenvalue weighted by Gasteiger charge is -1.99. The van der Waals surface area contributed by atoms with Gasteiger partial charge in [-0.3, -0.25) is 0 Å². The second kappa shape index (κ2) is 7.34. The van der Waals surface area contributed by atoms with Crippen molar-refractivity contribution in [2.45, 2.75) is 19.8 Å². The Hall–Kier alpha value is -1.96. The van der Waals surface area contributed by atoms with E-state index in [-0.39, 0.29) is 0 Å². The van der Waals surface area contributed by atoms with E-state index in [2.05, 4.69) is 6.92 Å². The van der Waals surface area contributed by atoms with Gasteiger partial charge in [0.2, 0.25) is 0 Å². The molecule has 0 radical (unpaired) electrons. The molecule has 2 aromatic rings. The lowest BCUT2D eigenvalue weighted by atomic mass is 10.1. The first-order valence-electron chi connectivity index (χ1n) is 5.75. The van der Waals surface area contributed by atoms with Gasteiger partial charge in [-0.1, -0.05) is 49.7 Å². The van der Waals surface area contributed by atoms with Crippen LogP contribution in [0.2, 0.25) is 0 Å². The fraction of sp³-hybridized carbons (Fsp3) is 0.200.